The third-order valence-corrected chi connectivity index (χ3v) is 6.44. The number of nitrogens with one attached hydrogen (secondary N) is 2. The van der Waals surface area contributed by atoms with Gasteiger partial charge in [-0.3, -0.25) is 4.57 Å². The summed E-state index contributed by atoms with van der Waals surface area (Å²) >= 11 is 0. The summed E-state index contributed by atoms with van der Waals surface area (Å²) in [4.78, 5) is 20.0. The molecule has 1 aliphatic carbocycles. The number of fused-ring (bicyclic) bond motifs is 1. The summed E-state index contributed by atoms with van der Waals surface area (Å²) in [5, 5.41) is 6.97. The molecule has 3 heterocycles. The van der Waals surface area contributed by atoms with Crippen molar-refractivity contribution >= 4 is 22.9 Å². The van der Waals surface area contributed by atoms with E-state index in [4.69, 9.17) is 4.74 Å². The maximum Gasteiger partial charge on any atom is 0.296 e. The minimum absolute atomic E-state index is 0.143. The van der Waals surface area contributed by atoms with Crippen LogP contribution in [0.25, 0.3) is 17.0 Å². The zero-order valence-corrected chi connectivity index (χ0v) is 19.3. The number of imidazole rings is 1. The third kappa shape index (κ3) is 4.80. The lowest BCUT2D eigenvalue weighted by Gasteiger charge is -2.30. The Morgan fingerprint density at radius 1 is 0.971 bits per heavy atom. The molecular formula is C23H30F2N8O. The molecule has 2 aromatic heterocycles. The maximum absolute atomic E-state index is 14.0. The molecule has 34 heavy (non-hydrogen) atoms. The number of halogens is 2. The number of hydrogen-bond acceptors (Lipinski definition) is 8. The second-order valence-corrected chi connectivity index (χ2v) is 8.70. The number of alkyl halides is 2. The number of aromatic nitrogens is 5. The van der Waals surface area contributed by atoms with Crippen LogP contribution in [-0.4, -0.2) is 69.4 Å². The van der Waals surface area contributed by atoms with E-state index in [0.29, 0.717) is 55.3 Å². The quantitative estimate of drug-likeness (QED) is 0.541. The van der Waals surface area contributed by atoms with Crippen molar-refractivity contribution in [2.24, 2.45) is 0 Å². The van der Waals surface area contributed by atoms with Crippen LogP contribution in [0.5, 0.6) is 0 Å². The molecule has 2 aliphatic rings. The van der Waals surface area contributed by atoms with Crippen molar-refractivity contribution in [3.05, 3.63) is 30.1 Å². The fourth-order valence-corrected chi connectivity index (χ4v) is 4.74. The van der Waals surface area contributed by atoms with Gasteiger partial charge >= 0.3 is 0 Å². The Labute approximate surface area is 197 Å². The van der Waals surface area contributed by atoms with Crippen LogP contribution >= 0.6 is 0 Å². The molecule has 0 radical (unpaired) electrons. The van der Waals surface area contributed by atoms with Crippen LogP contribution in [0.1, 0.15) is 44.9 Å². The lowest BCUT2D eigenvalue weighted by Crippen LogP contribution is -2.38. The molecule has 0 bridgehead atoms. The van der Waals surface area contributed by atoms with E-state index >= 15 is 0 Å². The van der Waals surface area contributed by atoms with Gasteiger partial charge in [-0.25, -0.2) is 13.8 Å². The Balaban J connectivity index is 1.51. The smallest absolute Gasteiger partial charge is 0.296 e. The van der Waals surface area contributed by atoms with Crippen molar-refractivity contribution < 1.29 is 13.5 Å². The summed E-state index contributed by atoms with van der Waals surface area (Å²) in [6.45, 7) is 5.47. The minimum atomic E-state index is -2.77. The molecule has 1 saturated heterocycles. The highest BCUT2D eigenvalue weighted by atomic mass is 19.3. The number of para-hydroxylation sites is 2. The maximum atomic E-state index is 14.0. The molecule has 1 aromatic carbocycles. The summed E-state index contributed by atoms with van der Waals surface area (Å²) in [5.41, 5.74) is 1.01. The lowest BCUT2D eigenvalue weighted by atomic mass is 9.91. The molecule has 5 rings (SSSR count). The predicted molar refractivity (Wildman–Crippen MR) is 126 cm³/mol. The number of morpholine rings is 1. The standard InChI is InChI=1S/C23H30F2N8O/c1-2-26-15-7-9-16(10-8-15)27-21-29-22(32-11-13-34-14-12-32)31-23(30-21)33-18-6-4-3-5-17(18)28-20(33)19(24)25/h3-6,15-16,19,26H,2,7-14H2,1H3,(H,27,29,30,31)/t15-,16-. The fourth-order valence-electron chi connectivity index (χ4n) is 4.74. The van der Waals surface area contributed by atoms with Crippen LogP contribution in [0.3, 0.4) is 0 Å². The van der Waals surface area contributed by atoms with E-state index < -0.39 is 6.43 Å². The van der Waals surface area contributed by atoms with Gasteiger partial charge in [0.1, 0.15) is 0 Å². The first-order valence-electron chi connectivity index (χ1n) is 12.0. The average molecular weight is 473 g/mol. The van der Waals surface area contributed by atoms with Crippen molar-refractivity contribution in [2.45, 2.75) is 51.1 Å². The van der Waals surface area contributed by atoms with E-state index in [1.165, 1.54) is 4.57 Å². The normalized spacial score (nSPS) is 21.4. The van der Waals surface area contributed by atoms with E-state index in [0.717, 1.165) is 32.2 Å². The van der Waals surface area contributed by atoms with Gasteiger partial charge in [0.2, 0.25) is 17.8 Å². The Morgan fingerprint density at radius 2 is 1.68 bits per heavy atom. The van der Waals surface area contributed by atoms with Crippen LogP contribution in [0.15, 0.2) is 24.3 Å². The van der Waals surface area contributed by atoms with E-state index in [1.807, 2.05) is 4.90 Å². The van der Waals surface area contributed by atoms with Gasteiger partial charge < -0.3 is 20.3 Å². The van der Waals surface area contributed by atoms with E-state index in [2.05, 4.69) is 37.5 Å². The Kier molecular flexibility index (Phi) is 6.82. The van der Waals surface area contributed by atoms with Gasteiger partial charge in [-0.1, -0.05) is 19.1 Å². The molecule has 0 unspecified atom stereocenters. The van der Waals surface area contributed by atoms with Crippen molar-refractivity contribution in [3.8, 4) is 5.95 Å². The Morgan fingerprint density at radius 3 is 2.41 bits per heavy atom. The molecule has 2 fully saturated rings. The summed E-state index contributed by atoms with van der Waals surface area (Å²) in [7, 11) is 0. The van der Waals surface area contributed by atoms with Crippen LogP contribution in [-0.2, 0) is 4.74 Å². The molecule has 2 N–H and O–H groups in total. The molecule has 182 valence electrons. The van der Waals surface area contributed by atoms with Gasteiger partial charge in [0.15, 0.2) is 5.82 Å². The molecule has 9 nitrogen and oxygen atoms in total. The van der Waals surface area contributed by atoms with E-state index in [9.17, 15) is 8.78 Å². The predicted octanol–water partition coefficient (Wildman–Crippen LogP) is 3.32. The number of nitrogens with zero attached hydrogens (tertiary/aromatic N) is 6. The number of ether oxygens (including phenoxy) is 1. The van der Waals surface area contributed by atoms with Crippen LogP contribution in [0.2, 0.25) is 0 Å². The van der Waals surface area contributed by atoms with Gasteiger partial charge in [-0.2, -0.15) is 15.0 Å². The van der Waals surface area contributed by atoms with Crippen molar-refractivity contribution in [2.75, 3.05) is 43.1 Å². The number of benzene rings is 1. The number of rotatable bonds is 7. The highest BCUT2D eigenvalue weighted by Crippen LogP contribution is 2.28. The largest absolute Gasteiger partial charge is 0.378 e. The van der Waals surface area contributed by atoms with Gasteiger partial charge in [-0.15, -0.1) is 0 Å². The summed E-state index contributed by atoms with van der Waals surface area (Å²) in [5.74, 6) is 0.619. The first-order valence-corrected chi connectivity index (χ1v) is 12.0. The second-order valence-electron chi connectivity index (χ2n) is 8.70. The van der Waals surface area contributed by atoms with E-state index in [-0.39, 0.29) is 17.8 Å². The SMILES string of the molecule is CCN[C@H]1CC[C@H](Nc2nc(N3CCOCC3)nc(-n3c(C(F)F)nc4ccccc43)n2)CC1. The van der Waals surface area contributed by atoms with Gasteiger partial charge in [0.25, 0.3) is 6.43 Å². The van der Waals surface area contributed by atoms with Crippen molar-refractivity contribution in [3.63, 3.8) is 0 Å². The molecule has 0 atom stereocenters. The Bertz CT molecular complexity index is 1110. The van der Waals surface area contributed by atoms with E-state index in [1.54, 1.807) is 24.3 Å². The fraction of sp³-hybridized carbons (Fsp3) is 0.565. The summed E-state index contributed by atoms with van der Waals surface area (Å²) in [6.07, 6.45) is 1.35. The monoisotopic (exact) mass is 472 g/mol. The van der Waals surface area contributed by atoms with Crippen molar-refractivity contribution in [1.29, 1.82) is 0 Å². The highest BCUT2D eigenvalue weighted by molar-refractivity contribution is 5.77. The molecule has 0 amide bonds. The average Bonchev–Trinajstić information content (AvgIpc) is 3.26. The zero-order chi connectivity index (χ0) is 23.5. The molecule has 1 aliphatic heterocycles. The van der Waals surface area contributed by atoms with Gasteiger partial charge in [-0.05, 0) is 44.4 Å². The van der Waals surface area contributed by atoms with Gasteiger partial charge in [0.05, 0.1) is 24.2 Å². The van der Waals surface area contributed by atoms with Crippen LogP contribution < -0.4 is 15.5 Å². The topological polar surface area (TPSA) is 93.0 Å². The first kappa shape index (κ1) is 22.9. The number of anilines is 2. The van der Waals surface area contributed by atoms with Gasteiger partial charge in [0, 0.05) is 25.2 Å². The summed E-state index contributed by atoms with van der Waals surface area (Å²) < 4.78 is 34.8. The van der Waals surface area contributed by atoms with Crippen LogP contribution in [0.4, 0.5) is 20.7 Å². The Hall–Kier alpha value is -2.92. The lowest BCUT2D eigenvalue weighted by molar-refractivity contribution is 0.122. The zero-order valence-electron chi connectivity index (χ0n) is 19.3. The molecule has 0 spiro atoms. The third-order valence-electron chi connectivity index (χ3n) is 6.44. The minimum Gasteiger partial charge on any atom is -0.378 e. The molecule has 11 heteroatoms. The second kappa shape index (κ2) is 10.1. The summed E-state index contributed by atoms with van der Waals surface area (Å²) in [6, 6.07) is 7.79. The molecular weight excluding hydrogens is 442 g/mol. The number of hydrogen-bond donors (Lipinski definition) is 2. The first-order chi connectivity index (χ1) is 16.6. The molecule has 3 aromatic rings. The van der Waals surface area contributed by atoms with Crippen molar-refractivity contribution in [1.82, 2.24) is 29.8 Å². The van der Waals surface area contributed by atoms with Crippen LogP contribution in [0, 0.1) is 0 Å². The molecule has 1 saturated carbocycles. The highest BCUT2D eigenvalue weighted by Gasteiger charge is 2.26.